The molecule has 2 aromatic carbocycles. The summed E-state index contributed by atoms with van der Waals surface area (Å²) in [5, 5.41) is 3.73. The highest BCUT2D eigenvalue weighted by Gasteiger charge is 2.18. The number of amides is 1. The van der Waals surface area contributed by atoms with Crippen molar-refractivity contribution in [1.82, 2.24) is 19.9 Å². The molecule has 1 atom stereocenters. The number of nitrogens with zero attached hydrogens (tertiary/aromatic N) is 3. The maximum atomic E-state index is 13.1. The van der Waals surface area contributed by atoms with Crippen LogP contribution < -0.4 is 5.32 Å². The number of nitrogens with one attached hydrogen (secondary N) is 1. The van der Waals surface area contributed by atoms with E-state index in [0.29, 0.717) is 15.6 Å². The molecule has 2 aromatic heterocycles. The molecule has 0 bridgehead atoms. The first-order valence-corrected chi connectivity index (χ1v) is 9.95. The van der Waals surface area contributed by atoms with Crippen molar-refractivity contribution in [2.24, 2.45) is 0 Å². The predicted molar refractivity (Wildman–Crippen MR) is 112 cm³/mol. The van der Waals surface area contributed by atoms with Crippen LogP contribution in [0.15, 0.2) is 67.3 Å². The molecule has 29 heavy (non-hydrogen) atoms. The van der Waals surface area contributed by atoms with Gasteiger partial charge < -0.3 is 9.88 Å². The molecule has 4 rings (SSSR count). The third-order valence-electron chi connectivity index (χ3n) is 4.64. The number of thiazole rings is 1. The zero-order chi connectivity index (χ0) is 20.4. The summed E-state index contributed by atoms with van der Waals surface area (Å²) < 4.78 is 15.1. The van der Waals surface area contributed by atoms with E-state index in [1.54, 1.807) is 24.7 Å². The lowest BCUT2D eigenvalue weighted by atomic mass is 10.1. The van der Waals surface area contributed by atoms with Crippen molar-refractivity contribution in [2.45, 2.75) is 19.9 Å². The van der Waals surface area contributed by atoms with Crippen LogP contribution in [0.3, 0.4) is 0 Å². The number of carbonyl (C=O) groups excluding carboxylic acids is 1. The van der Waals surface area contributed by atoms with Gasteiger partial charge in [-0.15, -0.1) is 11.3 Å². The Hall–Kier alpha value is -3.32. The lowest BCUT2D eigenvalue weighted by Crippen LogP contribution is -2.26. The quantitative estimate of drug-likeness (QED) is 0.511. The molecule has 0 spiro atoms. The number of hydrogen-bond donors (Lipinski definition) is 1. The fourth-order valence-corrected chi connectivity index (χ4v) is 3.99. The van der Waals surface area contributed by atoms with Crippen LogP contribution in [0.4, 0.5) is 4.39 Å². The van der Waals surface area contributed by atoms with Gasteiger partial charge in [0.15, 0.2) is 0 Å². The maximum absolute atomic E-state index is 13.1. The van der Waals surface area contributed by atoms with Gasteiger partial charge in [0.1, 0.15) is 15.7 Å². The number of halogens is 1. The summed E-state index contributed by atoms with van der Waals surface area (Å²) in [6.45, 7) is 3.75. The molecule has 1 amide bonds. The lowest BCUT2D eigenvalue weighted by Gasteiger charge is -2.14. The molecule has 2 heterocycles. The average molecular weight is 406 g/mol. The molecule has 0 saturated carbocycles. The number of benzene rings is 2. The van der Waals surface area contributed by atoms with Crippen LogP contribution in [0.1, 0.15) is 33.9 Å². The van der Waals surface area contributed by atoms with E-state index >= 15 is 0 Å². The van der Waals surface area contributed by atoms with Crippen molar-refractivity contribution in [2.75, 3.05) is 0 Å². The molecule has 0 fully saturated rings. The van der Waals surface area contributed by atoms with Gasteiger partial charge in [0.2, 0.25) is 0 Å². The molecule has 5 nitrogen and oxygen atoms in total. The molecule has 4 aromatic rings. The standard InChI is InChI=1S/C22H19FN4OS/c1-14(16-5-9-19(10-6-16)27-12-11-24-13-27)25-21(28)20-15(2)26-22(29-20)17-3-7-18(23)8-4-17/h3-14H,1-2H3,(H,25,28)/t14-/m0/s1. The Morgan fingerprint density at radius 1 is 1.14 bits per heavy atom. The van der Waals surface area contributed by atoms with E-state index in [1.807, 2.05) is 48.9 Å². The second-order valence-corrected chi connectivity index (χ2v) is 7.70. The Kier molecular flexibility index (Phi) is 5.22. The van der Waals surface area contributed by atoms with Crippen LogP contribution in [-0.4, -0.2) is 20.4 Å². The minimum absolute atomic E-state index is 0.157. The van der Waals surface area contributed by atoms with Gasteiger partial charge in [0, 0.05) is 23.6 Å². The van der Waals surface area contributed by atoms with E-state index in [0.717, 1.165) is 16.8 Å². The summed E-state index contributed by atoms with van der Waals surface area (Å²) in [5.41, 5.74) is 3.46. The minimum atomic E-state index is -0.298. The van der Waals surface area contributed by atoms with E-state index in [1.165, 1.54) is 23.5 Å². The van der Waals surface area contributed by atoms with Crippen LogP contribution in [0.5, 0.6) is 0 Å². The van der Waals surface area contributed by atoms with E-state index < -0.39 is 0 Å². The molecule has 1 N–H and O–H groups in total. The van der Waals surface area contributed by atoms with Gasteiger partial charge in [-0.05, 0) is 55.8 Å². The highest BCUT2D eigenvalue weighted by Crippen LogP contribution is 2.28. The minimum Gasteiger partial charge on any atom is -0.345 e. The second-order valence-electron chi connectivity index (χ2n) is 6.70. The van der Waals surface area contributed by atoms with Crippen molar-refractivity contribution < 1.29 is 9.18 Å². The summed E-state index contributed by atoms with van der Waals surface area (Å²) in [7, 11) is 0. The largest absolute Gasteiger partial charge is 0.345 e. The zero-order valence-electron chi connectivity index (χ0n) is 16.0. The molecule has 0 unspecified atom stereocenters. The number of carbonyl (C=O) groups is 1. The number of aromatic nitrogens is 3. The van der Waals surface area contributed by atoms with E-state index in [4.69, 9.17) is 0 Å². The first kappa shape index (κ1) is 19.0. The Balaban J connectivity index is 1.48. The van der Waals surface area contributed by atoms with E-state index in [9.17, 15) is 9.18 Å². The van der Waals surface area contributed by atoms with Crippen molar-refractivity contribution in [3.05, 3.63) is 89.2 Å². The molecule has 0 aliphatic carbocycles. The first-order chi connectivity index (χ1) is 14.0. The monoisotopic (exact) mass is 406 g/mol. The molecular weight excluding hydrogens is 387 g/mol. The average Bonchev–Trinajstić information content (AvgIpc) is 3.39. The Bertz CT molecular complexity index is 1120. The number of imidazole rings is 1. The Labute approximate surface area is 171 Å². The summed E-state index contributed by atoms with van der Waals surface area (Å²) in [5.74, 6) is -0.465. The van der Waals surface area contributed by atoms with Gasteiger partial charge in [-0.3, -0.25) is 4.79 Å². The van der Waals surface area contributed by atoms with Crippen molar-refractivity contribution in [3.63, 3.8) is 0 Å². The van der Waals surface area contributed by atoms with Crippen LogP contribution in [0, 0.1) is 12.7 Å². The highest BCUT2D eigenvalue weighted by molar-refractivity contribution is 7.17. The smallest absolute Gasteiger partial charge is 0.263 e. The summed E-state index contributed by atoms with van der Waals surface area (Å²) in [4.78, 5) is 21.9. The third kappa shape index (κ3) is 4.09. The van der Waals surface area contributed by atoms with Gasteiger partial charge in [-0.2, -0.15) is 0 Å². The van der Waals surface area contributed by atoms with Crippen molar-refractivity contribution in [3.8, 4) is 16.3 Å². The van der Waals surface area contributed by atoms with Crippen LogP contribution >= 0.6 is 11.3 Å². The maximum Gasteiger partial charge on any atom is 0.263 e. The third-order valence-corrected chi connectivity index (χ3v) is 5.84. The molecular formula is C22H19FN4OS. The number of rotatable bonds is 5. The molecule has 0 saturated heterocycles. The summed E-state index contributed by atoms with van der Waals surface area (Å²) in [6, 6.07) is 13.9. The van der Waals surface area contributed by atoms with Gasteiger partial charge in [-0.1, -0.05) is 12.1 Å². The first-order valence-electron chi connectivity index (χ1n) is 9.14. The highest BCUT2D eigenvalue weighted by atomic mass is 32.1. The van der Waals surface area contributed by atoms with Crippen LogP contribution in [-0.2, 0) is 0 Å². The van der Waals surface area contributed by atoms with E-state index in [2.05, 4.69) is 15.3 Å². The van der Waals surface area contributed by atoms with Crippen LogP contribution in [0.25, 0.3) is 16.3 Å². The molecule has 7 heteroatoms. The fraction of sp³-hybridized carbons (Fsp3) is 0.136. The van der Waals surface area contributed by atoms with Gasteiger partial charge >= 0.3 is 0 Å². The summed E-state index contributed by atoms with van der Waals surface area (Å²) in [6.07, 6.45) is 5.35. The number of hydrogen-bond acceptors (Lipinski definition) is 4. The molecule has 0 aliphatic heterocycles. The van der Waals surface area contributed by atoms with Crippen molar-refractivity contribution >= 4 is 17.2 Å². The van der Waals surface area contributed by atoms with E-state index in [-0.39, 0.29) is 17.8 Å². The Morgan fingerprint density at radius 3 is 2.52 bits per heavy atom. The van der Waals surface area contributed by atoms with Gasteiger partial charge in [0.05, 0.1) is 18.1 Å². The Morgan fingerprint density at radius 2 is 1.86 bits per heavy atom. The topological polar surface area (TPSA) is 59.8 Å². The summed E-state index contributed by atoms with van der Waals surface area (Å²) >= 11 is 1.31. The predicted octanol–water partition coefficient (Wildman–Crippen LogP) is 4.93. The van der Waals surface area contributed by atoms with Crippen LogP contribution in [0.2, 0.25) is 0 Å². The SMILES string of the molecule is Cc1nc(-c2ccc(F)cc2)sc1C(=O)N[C@@H](C)c1ccc(-n2ccnc2)cc1. The molecule has 146 valence electrons. The molecule has 0 radical (unpaired) electrons. The number of aryl methyl sites for hydroxylation is 1. The lowest BCUT2D eigenvalue weighted by molar-refractivity contribution is 0.0943. The molecule has 0 aliphatic rings. The van der Waals surface area contributed by atoms with Crippen molar-refractivity contribution in [1.29, 1.82) is 0 Å². The zero-order valence-corrected chi connectivity index (χ0v) is 16.8. The van der Waals surface area contributed by atoms with Gasteiger partial charge in [0.25, 0.3) is 5.91 Å². The fourth-order valence-electron chi connectivity index (χ4n) is 3.02. The normalized spacial score (nSPS) is 12.0. The second kappa shape index (κ2) is 7.97. The van der Waals surface area contributed by atoms with Gasteiger partial charge in [-0.25, -0.2) is 14.4 Å².